The number of rotatable bonds is 2. The van der Waals surface area contributed by atoms with Crippen molar-refractivity contribution in [3.8, 4) is 0 Å². The zero-order valence-corrected chi connectivity index (χ0v) is 8.31. The summed E-state index contributed by atoms with van der Waals surface area (Å²) in [7, 11) is -3.91. The van der Waals surface area contributed by atoms with Crippen molar-refractivity contribution in [2.24, 2.45) is 0 Å². The van der Waals surface area contributed by atoms with Gasteiger partial charge in [-0.2, -0.15) is 0 Å². The smallest absolute Gasteiger partial charge is 0.338 e. The SMILES string of the molecule is CS(=O)(=O)c1cc(F)c(C(=O)O)cc1F. The van der Waals surface area contributed by atoms with Gasteiger partial charge in [0.1, 0.15) is 16.5 Å². The minimum Gasteiger partial charge on any atom is -0.478 e. The molecule has 0 heterocycles. The predicted molar refractivity (Wildman–Crippen MR) is 46.4 cm³/mol. The van der Waals surface area contributed by atoms with Crippen LogP contribution >= 0.6 is 0 Å². The summed E-state index contributed by atoms with van der Waals surface area (Å²) in [5.41, 5.74) is -0.903. The molecule has 0 atom stereocenters. The van der Waals surface area contributed by atoms with Crippen molar-refractivity contribution in [2.45, 2.75) is 4.90 Å². The first kappa shape index (κ1) is 11.6. The summed E-state index contributed by atoms with van der Waals surface area (Å²) >= 11 is 0. The normalized spacial score (nSPS) is 11.4. The van der Waals surface area contributed by atoms with Gasteiger partial charge in [-0.1, -0.05) is 0 Å². The Balaban J connectivity index is 3.52. The number of aromatic carboxylic acids is 1. The first-order valence-electron chi connectivity index (χ1n) is 3.66. The van der Waals surface area contributed by atoms with E-state index in [1.165, 1.54) is 0 Å². The fourth-order valence-electron chi connectivity index (χ4n) is 0.977. The van der Waals surface area contributed by atoms with Crippen LogP contribution < -0.4 is 0 Å². The molecule has 0 amide bonds. The van der Waals surface area contributed by atoms with E-state index in [4.69, 9.17) is 5.11 Å². The van der Waals surface area contributed by atoms with Crippen LogP contribution in [0, 0.1) is 11.6 Å². The van der Waals surface area contributed by atoms with Gasteiger partial charge in [0.2, 0.25) is 0 Å². The minimum atomic E-state index is -3.91. The van der Waals surface area contributed by atoms with Crippen molar-refractivity contribution in [1.82, 2.24) is 0 Å². The van der Waals surface area contributed by atoms with Crippen molar-refractivity contribution in [3.63, 3.8) is 0 Å². The number of benzene rings is 1. The van der Waals surface area contributed by atoms with Gasteiger partial charge in [0.25, 0.3) is 0 Å². The average Bonchev–Trinajstić information content (AvgIpc) is 2.06. The molecule has 82 valence electrons. The first-order valence-corrected chi connectivity index (χ1v) is 5.55. The maximum atomic E-state index is 13.1. The number of halogens is 2. The van der Waals surface area contributed by atoms with Gasteiger partial charge >= 0.3 is 5.97 Å². The fourth-order valence-corrected chi connectivity index (χ4v) is 1.71. The van der Waals surface area contributed by atoms with Crippen molar-refractivity contribution in [2.75, 3.05) is 6.26 Å². The van der Waals surface area contributed by atoms with Gasteiger partial charge in [-0.25, -0.2) is 22.0 Å². The zero-order chi connectivity index (χ0) is 11.8. The highest BCUT2D eigenvalue weighted by Crippen LogP contribution is 2.19. The maximum absolute atomic E-state index is 13.1. The molecule has 1 rings (SSSR count). The van der Waals surface area contributed by atoms with E-state index in [9.17, 15) is 22.0 Å². The molecule has 0 spiro atoms. The molecule has 0 aromatic heterocycles. The molecule has 0 fully saturated rings. The second-order valence-electron chi connectivity index (χ2n) is 2.84. The summed E-state index contributed by atoms with van der Waals surface area (Å²) in [6.07, 6.45) is 0.700. The van der Waals surface area contributed by atoms with Crippen molar-refractivity contribution in [3.05, 3.63) is 29.3 Å². The number of sulfone groups is 1. The summed E-state index contributed by atoms with van der Waals surface area (Å²) in [5, 5.41) is 8.43. The van der Waals surface area contributed by atoms with E-state index in [0.29, 0.717) is 18.4 Å². The molecule has 1 aromatic carbocycles. The van der Waals surface area contributed by atoms with Crippen molar-refractivity contribution in [1.29, 1.82) is 0 Å². The summed E-state index contributed by atoms with van der Waals surface area (Å²) < 4.78 is 47.9. The molecule has 15 heavy (non-hydrogen) atoms. The highest BCUT2D eigenvalue weighted by Gasteiger charge is 2.20. The van der Waals surface area contributed by atoms with Crippen LogP contribution in [0.25, 0.3) is 0 Å². The molecule has 0 radical (unpaired) electrons. The highest BCUT2D eigenvalue weighted by molar-refractivity contribution is 7.90. The molecule has 0 aliphatic rings. The van der Waals surface area contributed by atoms with Gasteiger partial charge in [-0.05, 0) is 12.1 Å². The lowest BCUT2D eigenvalue weighted by Gasteiger charge is -2.03. The minimum absolute atomic E-state index is 0.341. The van der Waals surface area contributed by atoms with Gasteiger partial charge < -0.3 is 5.11 Å². The van der Waals surface area contributed by atoms with Crippen LogP contribution in [-0.2, 0) is 9.84 Å². The quantitative estimate of drug-likeness (QED) is 0.833. The van der Waals surface area contributed by atoms with Crippen LogP contribution in [0.3, 0.4) is 0 Å². The van der Waals surface area contributed by atoms with E-state index in [2.05, 4.69) is 0 Å². The maximum Gasteiger partial charge on any atom is 0.338 e. The molecule has 0 saturated carbocycles. The number of carboxylic acid groups (broad SMARTS) is 1. The fraction of sp³-hybridized carbons (Fsp3) is 0.125. The van der Waals surface area contributed by atoms with E-state index in [1.54, 1.807) is 0 Å². The standard InChI is InChI=1S/C8H6F2O4S/c1-15(13,14)7-3-5(9)4(8(11)12)2-6(7)10/h2-3H,1H3,(H,11,12). The zero-order valence-electron chi connectivity index (χ0n) is 7.49. The largest absolute Gasteiger partial charge is 0.478 e. The first-order chi connectivity index (χ1) is 6.73. The number of carboxylic acids is 1. The molecule has 1 aromatic rings. The number of hydrogen-bond acceptors (Lipinski definition) is 3. The Morgan fingerprint density at radius 3 is 2.20 bits per heavy atom. The Morgan fingerprint density at radius 1 is 1.27 bits per heavy atom. The molecule has 4 nitrogen and oxygen atoms in total. The Morgan fingerprint density at radius 2 is 1.80 bits per heavy atom. The van der Waals surface area contributed by atoms with Crippen molar-refractivity contribution >= 4 is 15.8 Å². The highest BCUT2D eigenvalue weighted by atomic mass is 32.2. The average molecular weight is 236 g/mol. The molecular formula is C8H6F2O4S. The van der Waals surface area contributed by atoms with Gasteiger partial charge in [-0.3, -0.25) is 0 Å². The third kappa shape index (κ3) is 2.30. The van der Waals surface area contributed by atoms with E-state index in [1.807, 2.05) is 0 Å². The Bertz CT molecular complexity index is 522. The third-order valence-corrected chi connectivity index (χ3v) is 2.76. The van der Waals surface area contributed by atoms with E-state index >= 15 is 0 Å². The van der Waals surface area contributed by atoms with Crippen LogP contribution in [0.5, 0.6) is 0 Å². The lowest BCUT2D eigenvalue weighted by atomic mass is 10.2. The third-order valence-electron chi connectivity index (χ3n) is 1.65. The molecular weight excluding hydrogens is 230 g/mol. The molecule has 1 N–H and O–H groups in total. The lowest BCUT2D eigenvalue weighted by Crippen LogP contribution is -2.07. The topological polar surface area (TPSA) is 71.4 Å². The number of carbonyl (C=O) groups is 1. The van der Waals surface area contributed by atoms with Crippen molar-refractivity contribution < 1.29 is 27.1 Å². The van der Waals surface area contributed by atoms with Gasteiger partial charge in [0.15, 0.2) is 9.84 Å². The molecule has 0 saturated heterocycles. The summed E-state index contributed by atoms with van der Waals surface area (Å²) in [6, 6.07) is 0.697. The van der Waals surface area contributed by atoms with Crippen LogP contribution in [0.1, 0.15) is 10.4 Å². The molecule has 0 unspecified atom stereocenters. The Hall–Kier alpha value is -1.50. The predicted octanol–water partition coefficient (Wildman–Crippen LogP) is 1.07. The van der Waals surface area contributed by atoms with Gasteiger partial charge in [0.05, 0.1) is 5.56 Å². The number of hydrogen-bond donors (Lipinski definition) is 1. The second kappa shape index (κ2) is 3.58. The molecule has 0 aliphatic heterocycles. The van der Waals surface area contributed by atoms with E-state index < -0.39 is 37.9 Å². The summed E-state index contributed by atoms with van der Waals surface area (Å²) in [6.45, 7) is 0. The molecule has 7 heteroatoms. The molecule has 0 aliphatic carbocycles. The van der Waals surface area contributed by atoms with E-state index in [0.717, 1.165) is 0 Å². The Kier molecular flexibility index (Phi) is 2.76. The lowest BCUT2D eigenvalue weighted by molar-refractivity contribution is 0.0691. The van der Waals surface area contributed by atoms with Crippen LogP contribution in [-0.4, -0.2) is 25.7 Å². The Labute approximate surface area is 84.1 Å². The van der Waals surface area contributed by atoms with E-state index in [-0.39, 0.29) is 0 Å². The summed E-state index contributed by atoms with van der Waals surface area (Å²) in [4.78, 5) is 9.52. The van der Waals surface area contributed by atoms with Gasteiger partial charge in [-0.15, -0.1) is 0 Å². The monoisotopic (exact) mass is 236 g/mol. The molecule has 0 bridgehead atoms. The van der Waals surface area contributed by atoms with Gasteiger partial charge in [0, 0.05) is 6.26 Å². The second-order valence-corrected chi connectivity index (χ2v) is 4.82. The van der Waals surface area contributed by atoms with Crippen LogP contribution in [0.4, 0.5) is 8.78 Å². The van der Waals surface area contributed by atoms with Crippen LogP contribution in [0.15, 0.2) is 17.0 Å². The van der Waals surface area contributed by atoms with Crippen LogP contribution in [0.2, 0.25) is 0 Å². The summed E-state index contributed by atoms with van der Waals surface area (Å²) in [5.74, 6) is -4.23.